The molecule has 0 atom stereocenters. The number of hydrogen-bond acceptors (Lipinski definition) is 7. The van der Waals surface area contributed by atoms with Gasteiger partial charge in [-0.2, -0.15) is 15.0 Å². The standard InChI is InChI=1S/C13H18N6S/c1-19(7-9-3-5-10(20-2)6-4-9)8-11-16-12(14)18-13(15)17-11/h3-6H,7-8H2,1-2H3,(H4,14,15,16,17,18). The van der Waals surface area contributed by atoms with E-state index in [0.717, 1.165) is 6.54 Å². The van der Waals surface area contributed by atoms with Crippen LogP contribution in [-0.2, 0) is 13.1 Å². The molecule has 20 heavy (non-hydrogen) atoms. The first-order valence-corrected chi connectivity index (χ1v) is 7.36. The van der Waals surface area contributed by atoms with Crippen molar-refractivity contribution >= 4 is 23.7 Å². The van der Waals surface area contributed by atoms with Crippen LogP contribution in [0.5, 0.6) is 0 Å². The summed E-state index contributed by atoms with van der Waals surface area (Å²) in [7, 11) is 2.00. The highest BCUT2D eigenvalue weighted by Crippen LogP contribution is 2.16. The van der Waals surface area contributed by atoms with E-state index in [1.165, 1.54) is 10.5 Å². The van der Waals surface area contributed by atoms with Crippen LogP contribution in [0.3, 0.4) is 0 Å². The molecule has 0 radical (unpaired) electrons. The van der Waals surface area contributed by atoms with E-state index in [1.807, 2.05) is 7.05 Å². The van der Waals surface area contributed by atoms with Gasteiger partial charge in [-0.1, -0.05) is 12.1 Å². The van der Waals surface area contributed by atoms with Crippen molar-refractivity contribution < 1.29 is 0 Å². The highest BCUT2D eigenvalue weighted by molar-refractivity contribution is 7.98. The Bertz CT molecular complexity index is 551. The highest BCUT2D eigenvalue weighted by atomic mass is 32.2. The zero-order valence-corrected chi connectivity index (χ0v) is 12.4. The fourth-order valence-corrected chi connectivity index (χ4v) is 2.28. The lowest BCUT2D eigenvalue weighted by molar-refractivity contribution is 0.310. The van der Waals surface area contributed by atoms with Crippen molar-refractivity contribution in [2.75, 3.05) is 24.8 Å². The van der Waals surface area contributed by atoms with Gasteiger partial charge in [-0.05, 0) is 31.0 Å². The fraction of sp³-hybridized carbons (Fsp3) is 0.308. The minimum atomic E-state index is 0.158. The SMILES string of the molecule is CSc1ccc(CN(C)Cc2nc(N)nc(N)n2)cc1. The molecule has 2 rings (SSSR count). The number of nitrogens with zero attached hydrogens (tertiary/aromatic N) is 4. The van der Waals surface area contributed by atoms with Gasteiger partial charge < -0.3 is 11.5 Å². The number of rotatable bonds is 5. The Morgan fingerprint density at radius 1 is 1.00 bits per heavy atom. The Morgan fingerprint density at radius 2 is 1.60 bits per heavy atom. The van der Waals surface area contributed by atoms with Crippen molar-refractivity contribution in [3.63, 3.8) is 0 Å². The molecule has 6 nitrogen and oxygen atoms in total. The summed E-state index contributed by atoms with van der Waals surface area (Å²) in [5, 5.41) is 0. The van der Waals surface area contributed by atoms with Crippen LogP contribution in [0.4, 0.5) is 11.9 Å². The third-order valence-electron chi connectivity index (χ3n) is 2.74. The molecule has 106 valence electrons. The Kier molecular flexibility index (Phi) is 4.75. The molecule has 0 fully saturated rings. The van der Waals surface area contributed by atoms with Gasteiger partial charge in [0.15, 0.2) is 0 Å². The first-order valence-electron chi connectivity index (χ1n) is 6.14. The van der Waals surface area contributed by atoms with E-state index in [1.54, 1.807) is 11.8 Å². The molecule has 1 heterocycles. The molecular formula is C13H18N6S. The monoisotopic (exact) mass is 290 g/mol. The third-order valence-corrected chi connectivity index (χ3v) is 3.48. The summed E-state index contributed by atoms with van der Waals surface area (Å²) in [5.74, 6) is 0.897. The molecule has 1 aromatic carbocycles. The van der Waals surface area contributed by atoms with Crippen LogP contribution in [0.1, 0.15) is 11.4 Å². The van der Waals surface area contributed by atoms with Crippen molar-refractivity contribution in [3.05, 3.63) is 35.7 Å². The predicted octanol–water partition coefficient (Wildman–Crippen LogP) is 1.39. The maximum absolute atomic E-state index is 5.56. The summed E-state index contributed by atoms with van der Waals surface area (Å²) in [5.41, 5.74) is 12.3. The van der Waals surface area contributed by atoms with Crippen molar-refractivity contribution in [1.29, 1.82) is 0 Å². The third kappa shape index (κ3) is 4.07. The molecule has 0 aliphatic carbocycles. The van der Waals surface area contributed by atoms with E-state index in [9.17, 15) is 0 Å². The summed E-state index contributed by atoms with van der Waals surface area (Å²) in [6, 6.07) is 8.48. The van der Waals surface area contributed by atoms with Crippen LogP contribution in [-0.4, -0.2) is 33.2 Å². The summed E-state index contributed by atoms with van der Waals surface area (Å²) in [6.07, 6.45) is 2.07. The lowest BCUT2D eigenvalue weighted by atomic mass is 10.2. The number of hydrogen-bond donors (Lipinski definition) is 2. The Balaban J connectivity index is 1.98. The zero-order valence-electron chi connectivity index (χ0n) is 11.6. The Morgan fingerprint density at radius 3 is 2.15 bits per heavy atom. The predicted molar refractivity (Wildman–Crippen MR) is 82.0 cm³/mol. The molecule has 0 bridgehead atoms. The first-order chi connectivity index (χ1) is 9.56. The van der Waals surface area contributed by atoms with Gasteiger partial charge in [0, 0.05) is 11.4 Å². The average molecular weight is 290 g/mol. The smallest absolute Gasteiger partial charge is 0.225 e. The van der Waals surface area contributed by atoms with Gasteiger partial charge in [0.2, 0.25) is 11.9 Å². The largest absolute Gasteiger partial charge is 0.368 e. The maximum atomic E-state index is 5.56. The maximum Gasteiger partial charge on any atom is 0.225 e. The molecule has 7 heteroatoms. The van der Waals surface area contributed by atoms with Gasteiger partial charge in [-0.3, -0.25) is 4.90 Å². The second-order valence-corrected chi connectivity index (χ2v) is 5.37. The summed E-state index contributed by atoms with van der Waals surface area (Å²) >= 11 is 1.73. The molecule has 0 saturated carbocycles. The van der Waals surface area contributed by atoms with Crippen molar-refractivity contribution in [2.24, 2.45) is 0 Å². The van der Waals surface area contributed by atoms with Crippen molar-refractivity contribution in [3.8, 4) is 0 Å². The number of nitrogen functional groups attached to an aromatic ring is 2. The van der Waals surface area contributed by atoms with Gasteiger partial charge in [-0.15, -0.1) is 11.8 Å². The van der Waals surface area contributed by atoms with E-state index in [2.05, 4.69) is 50.4 Å². The van der Waals surface area contributed by atoms with Gasteiger partial charge in [0.1, 0.15) is 5.82 Å². The van der Waals surface area contributed by atoms with Crippen LogP contribution in [0.2, 0.25) is 0 Å². The normalized spacial score (nSPS) is 10.9. The molecule has 0 aliphatic heterocycles. The van der Waals surface area contributed by atoms with E-state index >= 15 is 0 Å². The van der Waals surface area contributed by atoms with Crippen LogP contribution >= 0.6 is 11.8 Å². The van der Waals surface area contributed by atoms with Crippen LogP contribution in [0, 0.1) is 0 Å². The first kappa shape index (κ1) is 14.5. The molecule has 0 aliphatic rings. The van der Waals surface area contributed by atoms with Crippen LogP contribution < -0.4 is 11.5 Å². The summed E-state index contributed by atoms with van der Waals surface area (Å²) < 4.78 is 0. The summed E-state index contributed by atoms with van der Waals surface area (Å²) in [6.45, 7) is 1.38. The van der Waals surface area contributed by atoms with Crippen LogP contribution in [0.15, 0.2) is 29.2 Å². The minimum Gasteiger partial charge on any atom is -0.368 e. The quantitative estimate of drug-likeness (QED) is 0.803. The average Bonchev–Trinajstić information content (AvgIpc) is 2.38. The molecule has 4 N–H and O–H groups in total. The number of aromatic nitrogens is 3. The zero-order chi connectivity index (χ0) is 14.5. The van der Waals surface area contributed by atoms with Gasteiger partial charge in [-0.25, -0.2) is 0 Å². The number of nitrogens with two attached hydrogens (primary N) is 2. The van der Waals surface area contributed by atoms with E-state index in [-0.39, 0.29) is 11.9 Å². The molecule has 0 unspecified atom stereocenters. The Hall–Kier alpha value is -1.86. The van der Waals surface area contributed by atoms with Gasteiger partial charge in [0.25, 0.3) is 0 Å². The highest BCUT2D eigenvalue weighted by Gasteiger charge is 2.06. The van der Waals surface area contributed by atoms with Gasteiger partial charge in [0.05, 0.1) is 6.54 Å². The summed E-state index contributed by atoms with van der Waals surface area (Å²) in [4.78, 5) is 15.3. The molecule has 0 saturated heterocycles. The fourth-order valence-electron chi connectivity index (χ4n) is 1.87. The lowest BCUT2D eigenvalue weighted by Gasteiger charge is -2.16. The topological polar surface area (TPSA) is 94.0 Å². The van der Waals surface area contributed by atoms with Crippen molar-refractivity contribution in [1.82, 2.24) is 19.9 Å². The second kappa shape index (κ2) is 6.53. The minimum absolute atomic E-state index is 0.158. The van der Waals surface area contributed by atoms with Crippen LogP contribution in [0.25, 0.3) is 0 Å². The van der Waals surface area contributed by atoms with E-state index in [0.29, 0.717) is 12.4 Å². The molecule has 2 aromatic rings. The van der Waals surface area contributed by atoms with Gasteiger partial charge >= 0.3 is 0 Å². The van der Waals surface area contributed by atoms with Crippen molar-refractivity contribution in [2.45, 2.75) is 18.0 Å². The lowest BCUT2D eigenvalue weighted by Crippen LogP contribution is -2.20. The molecule has 0 amide bonds. The van der Waals surface area contributed by atoms with E-state index in [4.69, 9.17) is 11.5 Å². The number of thioether (sulfide) groups is 1. The Labute approximate surface area is 122 Å². The van der Waals surface area contributed by atoms with E-state index < -0.39 is 0 Å². The molecular weight excluding hydrogens is 272 g/mol. The molecule has 1 aromatic heterocycles. The molecule has 0 spiro atoms. The second-order valence-electron chi connectivity index (χ2n) is 4.49. The number of benzene rings is 1. The number of anilines is 2.